The van der Waals surface area contributed by atoms with E-state index in [4.69, 9.17) is 9.84 Å². The Morgan fingerprint density at radius 1 is 1.24 bits per heavy atom. The highest BCUT2D eigenvalue weighted by Gasteiger charge is 2.15. The summed E-state index contributed by atoms with van der Waals surface area (Å²) in [6.07, 6.45) is 1.49. The first-order valence-electron chi connectivity index (χ1n) is 6.96. The second-order valence-corrected chi connectivity index (χ2v) is 5.84. The first-order chi connectivity index (χ1) is 11.8. The second kappa shape index (κ2) is 7.71. The van der Waals surface area contributed by atoms with Crippen LogP contribution < -0.4 is 4.74 Å². The van der Waals surface area contributed by atoms with Crippen LogP contribution in [-0.2, 0) is 4.79 Å². The number of halogens is 1. The molecule has 2 rings (SSSR count). The molecule has 8 heteroatoms. The van der Waals surface area contributed by atoms with Crippen molar-refractivity contribution in [1.82, 2.24) is 0 Å². The molecule has 0 unspecified atom stereocenters. The maximum absolute atomic E-state index is 12.2. The summed E-state index contributed by atoms with van der Waals surface area (Å²) >= 11 is 3.21. The van der Waals surface area contributed by atoms with Crippen molar-refractivity contribution in [1.29, 1.82) is 0 Å². The number of rotatable bonds is 5. The maximum atomic E-state index is 12.2. The van der Waals surface area contributed by atoms with Crippen LogP contribution >= 0.6 is 15.9 Å². The zero-order valence-electron chi connectivity index (χ0n) is 12.9. The van der Waals surface area contributed by atoms with E-state index in [0.717, 1.165) is 0 Å². The second-order valence-electron chi connectivity index (χ2n) is 4.98. The van der Waals surface area contributed by atoms with Crippen LogP contribution in [0.3, 0.4) is 0 Å². The van der Waals surface area contributed by atoms with E-state index in [1.807, 2.05) is 0 Å². The van der Waals surface area contributed by atoms with Crippen molar-refractivity contribution in [2.24, 2.45) is 0 Å². The van der Waals surface area contributed by atoms with Gasteiger partial charge in [0.15, 0.2) is 0 Å². The number of carboxylic acid groups (broad SMARTS) is 1. The van der Waals surface area contributed by atoms with Crippen LogP contribution in [0.2, 0.25) is 0 Å². The molecule has 0 aliphatic rings. The summed E-state index contributed by atoms with van der Waals surface area (Å²) in [5.74, 6) is -1.99. The molecule has 2 aromatic rings. The van der Waals surface area contributed by atoms with Crippen molar-refractivity contribution in [3.05, 3.63) is 73.8 Å². The van der Waals surface area contributed by atoms with Crippen LogP contribution in [-0.4, -0.2) is 22.0 Å². The highest BCUT2D eigenvalue weighted by Crippen LogP contribution is 2.25. The first-order valence-corrected chi connectivity index (χ1v) is 7.75. The van der Waals surface area contributed by atoms with Gasteiger partial charge in [-0.25, -0.2) is 9.59 Å². The largest absolute Gasteiger partial charge is 0.478 e. The number of nitro benzene ring substituents is 1. The molecule has 128 valence electrons. The average Bonchev–Trinajstić information content (AvgIpc) is 2.56. The summed E-state index contributed by atoms with van der Waals surface area (Å²) in [6, 6.07) is 9.93. The topological polar surface area (TPSA) is 107 Å². The minimum absolute atomic E-state index is 0.0597. The molecule has 0 aliphatic carbocycles. The van der Waals surface area contributed by atoms with Gasteiger partial charge < -0.3 is 9.84 Å². The van der Waals surface area contributed by atoms with Gasteiger partial charge in [-0.1, -0.05) is 12.1 Å². The molecule has 0 heterocycles. The Labute approximate surface area is 150 Å². The van der Waals surface area contributed by atoms with Gasteiger partial charge in [-0.15, -0.1) is 0 Å². The average molecular weight is 406 g/mol. The molecule has 2 aromatic carbocycles. The quantitative estimate of drug-likeness (QED) is 0.264. The highest BCUT2D eigenvalue weighted by molar-refractivity contribution is 9.10. The minimum Gasteiger partial charge on any atom is -0.478 e. The molecule has 25 heavy (non-hydrogen) atoms. The number of nitro groups is 1. The number of carbonyl (C=O) groups excluding carboxylic acids is 1. The van der Waals surface area contributed by atoms with Gasteiger partial charge in [0.2, 0.25) is 0 Å². The van der Waals surface area contributed by atoms with Gasteiger partial charge in [-0.3, -0.25) is 10.1 Å². The molecule has 0 saturated heterocycles. The van der Waals surface area contributed by atoms with Crippen molar-refractivity contribution in [2.45, 2.75) is 6.92 Å². The lowest BCUT2D eigenvalue weighted by molar-refractivity contribution is -0.384. The lowest BCUT2D eigenvalue weighted by Gasteiger charge is -2.08. The standard InChI is InChI=1S/C17H12BrNO6/c1-10(8-11-6-7-12(19(23)24)9-14(11)18)17(22)25-15-5-3-2-4-13(15)16(20)21/h2-9H,1H3,(H,20,21). The number of nitrogens with zero attached hydrogens (tertiary/aromatic N) is 1. The Bertz CT molecular complexity index is 890. The zero-order chi connectivity index (χ0) is 18.6. The maximum Gasteiger partial charge on any atom is 0.339 e. The third kappa shape index (κ3) is 4.51. The Morgan fingerprint density at radius 2 is 1.92 bits per heavy atom. The van der Waals surface area contributed by atoms with Crippen molar-refractivity contribution in [2.75, 3.05) is 0 Å². The molecular formula is C17H12BrNO6. The molecule has 0 bridgehead atoms. The predicted molar refractivity (Wildman–Crippen MR) is 93.5 cm³/mol. The van der Waals surface area contributed by atoms with Gasteiger partial charge in [-0.2, -0.15) is 0 Å². The van der Waals surface area contributed by atoms with Gasteiger partial charge >= 0.3 is 11.9 Å². The van der Waals surface area contributed by atoms with Gasteiger partial charge in [0.05, 0.1) is 4.92 Å². The number of para-hydroxylation sites is 1. The van der Waals surface area contributed by atoms with Crippen molar-refractivity contribution in [3.8, 4) is 5.75 Å². The number of hydrogen-bond donors (Lipinski definition) is 1. The molecule has 0 aromatic heterocycles. The summed E-state index contributed by atoms with van der Waals surface area (Å²) in [7, 11) is 0. The third-order valence-electron chi connectivity index (χ3n) is 3.21. The summed E-state index contributed by atoms with van der Waals surface area (Å²) in [6.45, 7) is 1.50. The van der Waals surface area contributed by atoms with Crippen molar-refractivity contribution < 1.29 is 24.4 Å². The Kier molecular flexibility index (Phi) is 5.66. The molecule has 0 radical (unpaired) electrons. The normalized spacial score (nSPS) is 11.0. The van der Waals surface area contributed by atoms with Crippen LogP contribution in [0.1, 0.15) is 22.8 Å². The van der Waals surface area contributed by atoms with E-state index in [9.17, 15) is 19.7 Å². The summed E-state index contributed by atoms with van der Waals surface area (Å²) in [5, 5.41) is 19.8. The number of ether oxygens (including phenoxy) is 1. The summed E-state index contributed by atoms with van der Waals surface area (Å²) in [5.41, 5.74) is 0.543. The smallest absolute Gasteiger partial charge is 0.339 e. The van der Waals surface area contributed by atoms with E-state index in [1.165, 1.54) is 49.4 Å². The van der Waals surface area contributed by atoms with Crippen LogP contribution in [0, 0.1) is 10.1 Å². The van der Waals surface area contributed by atoms with Gasteiger partial charge in [0, 0.05) is 22.2 Å². The van der Waals surface area contributed by atoms with E-state index in [2.05, 4.69) is 15.9 Å². The Hall–Kier alpha value is -3.00. The van der Waals surface area contributed by atoms with E-state index in [-0.39, 0.29) is 22.6 Å². The molecule has 0 spiro atoms. The Balaban J connectivity index is 2.24. The molecule has 0 aliphatic heterocycles. The van der Waals surface area contributed by atoms with Crippen LogP contribution in [0.15, 0.2) is 52.5 Å². The van der Waals surface area contributed by atoms with E-state index >= 15 is 0 Å². The number of esters is 1. The lowest BCUT2D eigenvalue weighted by Crippen LogP contribution is -2.12. The highest BCUT2D eigenvalue weighted by atomic mass is 79.9. The monoisotopic (exact) mass is 405 g/mol. The number of benzene rings is 2. The first kappa shape index (κ1) is 18.3. The lowest BCUT2D eigenvalue weighted by atomic mass is 10.1. The fourth-order valence-corrected chi connectivity index (χ4v) is 2.43. The Morgan fingerprint density at radius 3 is 2.52 bits per heavy atom. The molecule has 0 amide bonds. The molecule has 0 saturated carbocycles. The molecule has 7 nitrogen and oxygen atoms in total. The van der Waals surface area contributed by atoms with Gasteiger partial charge in [0.1, 0.15) is 11.3 Å². The van der Waals surface area contributed by atoms with E-state index < -0.39 is 16.9 Å². The van der Waals surface area contributed by atoms with Crippen LogP contribution in [0.4, 0.5) is 5.69 Å². The zero-order valence-corrected chi connectivity index (χ0v) is 14.5. The van der Waals surface area contributed by atoms with Crippen molar-refractivity contribution >= 4 is 39.6 Å². The number of hydrogen-bond acceptors (Lipinski definition) is 5. The summed E-state index contributed by atoms with van der Waals surface area (Å²) < 4.78 is 5.58. The van der Waals surface area contributed by atoms with Gasteiger partial charge in [0.25, 0.3) is 5.69 Å². The number of carbonyl (C=O) groups is 2. The predicted octanol–water partition coefficient (Wildman–Crippen LogP) is 4.06. The molecule has 0 fully saturated rings. The fourth-order valence-electron chi connectivity index (χ4n) is 1.95. The number of aromatic carboxylic acids is 1. The molecule has 0 atom stereocenters. The molecule has 1 N–H and O–H groups in total. The van der Waals surface area contributed by atoms with Gasteiger partial charge in [-0.05, 0) is 52.7 Å². The van der Waals surface area contributed by atoms with Crippen molar-refractivity contribution in [3.63, 3.8) is 0 Å². The SMILES string of the molecule is CC(=Cc1ccc([N+](=O)[O-])cc1Br)C(=O)Oc1ccccc1C(=O)O. The van der Waals surface area contributed by atoms with Crippen LogP contribution in [0.5, 0.6) is 5.75 Å². The third-order valence-corrected chi connectivity index (χ3v) is 3.90. The number of non-ortho nitro benzene ring substituents is 1. The van der Waals surface area contributed by atoms with Crippen LogP contribution in [0.25, 0.3) is 6.08 Å². The minimum atomic E-state index is -1.21. The van der Waals surface area contributed by atoms with E-state index in [1.54, 1.807) is 6.07 Å². The summed E-state index contributed by atoms with van der Waals surface area (Å²) in [4.78, 5) is 33.5. The fraction of sp³-hybridized carbons (Fsp3) is 0.0588. The molecular weight excluding hydrogens is 394 g/mol. The van der Waals surface area contributed by atoms with E-state index in [0.29, 0.717) is 10.0 Å². The number of carboxylic acids is 1.